The highest BCUT2D eigenvalue weighted by atomic mass is 15.1. The highest BCUT2D eigenvalue weighted by Gasteiger charge is 2.61. The van der Waals surface area contributed by atoms with Crippen LogP contribution in [0.25, 0.3) is 55.3 Å². The van der Waals surface area contributed by atoms with Crippen molar-refractivity contribution in [2.45, 2.75) is 56.8 Å². The molecule has 8 aromatic carbocycles. The van der Waals surface area contributed by atoms with E-state index in [0.717, 1.165) is 29.4 Å². The third-order valence-corrected chi connectivity index (χ3v) is 16.0. The van der Waals surface area contributed by atoms with Crippen LogP contribution in [-0.4, -0.2) is 0 Å². The van der Waals surface area contributed by atoms with Crippen molar-refractivity contribution in [2.75, 3.05) is 4.90 Å². The lowest BCUT2D eigenvalue weighted by Crippen LogP contribution is -2.55. The van der Waals surface area contributed by atoms with Gasteiger partial charge in [0.15, 0.2) is 0 Å². The molecular formula is C59H49N. The third-order valence-electron chi connectivity index (χ3n) is 16.0. The summed E-state index contributed by atoms with van der Waals surface area (Å²) in [5.74, 6) is 3.29. The molecule has 1 spiro atoms. The van der Waals surface area contributed by atoms with E-state index in [0.29, 0.717) is 0 Å². The normalized spacial score (nSPS) is 23.4. The van der Waals surface area contributed by atoms with Crippen molar-refractivity contribution >= 4 is 27.8 Å². The van der Waals surface area contributed by atoms with Crippen LogP contribution in [0, 0.1) is 23.7 Å². The van der Waals surface area contributed by atoms with Crippen molar-refractivity contribution in [3.63, 3.8) is 0 Å². The second-order valence-electron chi connectivity index (χ2n) is 19.2. The van der Waals surface area contributed by atoms with Gasteiger partial charge in [-0.1, -0.05) is 166 Å². The quantitative estimate of drug-likeness (QED) is 0.168. The zero-order valence-corrected chi connectivity index (χ0v) is 34.5. The average Bonchev–Trinajstić information content (AvgIpc) is 3.72. The summed E-state index contributed by atoms with van der Waals surface area (Å²) in [5, 5.41) is 2.64. The van der Waals surface area contributed by atoms with Crippen LogP contribution < -0.4 is 4.90 Å². The van der Waals surface area contributed by atoms with Crippen LogP contribution >= 0.6 is 0 Å². The van der Waals surface area contributed by atoms with E-state index in [1.165, 1.54) is 110 Å². The first-order valence-corrected chi connectivity index (χ1v) is 22.4. The molecule has 6 aliphatic rings. The van der Waals surface area contributed by atoms with Crippen molar-refractivity contribution in [3.8, 4) is 44.5 Å². The standard InChI is InChI=1S/C59H49N/c1-58(2)51-22-13-25-54(56(51)49-31-28-41-16-6-7-17-45(41)57(49)58)60(44-29-26-40(27-30-44)39-14-4-3-5-15-39)53-24-11-9-18-46(53)47-20-12-23-52-55(47)48-19-8-10-21-50(48)59(52)42-33-37-32-38(35-42)36-43(59)34-37/h3-31,37-38,42-43H,32-36H2,1-2H3. The second-order valence-corrected chi connectivity index (χ2v) is 19.2. The minimum absolute atomic E-state index is 0.121. The molecule has 4 bridgehead atoms. The molecule has 290 valence electrons. The molecular weight excluding hydrogens is 723 g/mol. The monoisotopic (exact) mass is 771 g/mol. The first kappa shape index (κ1) is 34.7. The molecule has 6 aliphatic carbocycles. The predicted molar refractivity (Wildman–Crippen MR) is 250 cm³/mol. The van der Waals surface area contributed by atoms with Gasteiger partial charge < -0.3 is 4.90 Å². The summed E-state index contributed by atoms with van der Waals surface area (Å²) < 4.78 is 0. The van der Waals surface area contributed by atoms with Gasteiger partial charge >= 0.3 is 0 Å². The predicted octanol–water partition coefficient (Wildman–Crippen LogP) is 15.7. The van der Waals surface area contributed by atoms with Crippen LogP contribution in [0.15, 0.2) is 176 Å². The Bertz CT molecular complexity index is 2990. The number of hydrogen-bond donors (Lipinski definition) is 0. The summed E-state index contributed by atoms with van der Waals surface area (Å²) >= 11 is 0. The lowest BCUT2D eigenvalue weighted by Gasteiger charge is -2.61. The van der Waals surface area contributed by atoms with Crippen molar-refractivity contribution < 1.29 is 0 Å². The van der Waals surface area contributed by atoms with Gasteiger partial charge in [-0.25, -0.2) is 0 Å². The Morgan fingerprint density at radius 1 is 0.417 bits per heavy atom. The molecule has 0 aromatic heterocycles. The first-order valence-electron chi connectivity index (χ1n) is 22.4. The van der Waals surface area contributed by atoms with Crippen molar-refractivity contribution in [3.05, 3.63) is 198 Å². The van der Waals surface area contributed by atoms with E-state index in [9.17, 15) is 0 Å². The number of benzene rings is 8. The first-order chi connectivity index (χ1) is 29.5. The van der Waals surface area contributed by atoms with Crippen LogP contribution in [0.1, 0.15) is 68.2 Å². The van der Waals surface area contributed by atoms with Gasteiger partial charge in [0.05, 0.1) is 11.4 Å². The molecule has 0 N–H and O–H groups in total. The van der Waals surface area contributed by atoms with E-state index in [4.69, 9.17) is 0 Å². The number of fused-ring (bicyclic) bond motifs is 8. The van der Waals surface area contributed by atoms with Gasteiger partial charge in [0.25, 0.3) is 0 Å². The van der Waals surface area contributed by atoms with E-state index >= 15 is 0 Å². The number of para-hydroxylation sites is 1. The minimum atomic E-state index is -0.166. The van der Waals surface area contributed by atoms with E-state index in [1.807, 2.05) is 0 Å². The van der Waals surface area contributed by atoms with Crippen LogP contribution in [-0.2, 0) is 10.8 Å². The summed E-state index contributed by atoms with van der Waals surface area (Å²) in [6.07, 6.45) is 7.02. The molecule has 60 heavy (non-hydrogen) atoms. The number of nitrogens with zero attached hydrogens (tertiary/aromatic N) is 1. The van der Waals surface area contributed by atoms with Gasteiger partial charge in [0.1, 0.15) is 0 Å². The SMILES string of the molecule is CC1(C)c2cccc(N(c3ccc(-c4ccccc4)cc3)c3ccccc3-c3cccc4c3-c3ccccc3C43C4CC5CC(C4)CC3C5)c2-c2ccc3ccccc3c21. The molecule has 8 aromatic rings. The molecule has 0 atom stereocenters. The maximum Gasteiger partial charge on any atom is 0.0543 e. The molecule has 14 rings (SSSR count). The summed E-state index contributed by atoms with van der Waals surface area (Å²) in [7, 11) is 0. The Morgan fingerprint density at radius 3 is 1.82 bits per heavy atom. The highest BCUT2D eigenvalue weighted by Crippen LogP contribution is 2.70. The minimum Gasteiger partial charge on any atom is -0.309 e. The number of anilines is 3. The lowest BCUT2D eigenvalue weighted by atomic mass is 9.43. The summed E-state index contributed by atoms with van der Waals surface area (Å²) in [5.41, 5.74) is 20.3. The maximum absolute atomic E-state index is 2.59. The fourth-order valence-corrected chi connectivity index (χ4v) is 14.0. The molecule has 0 saturated heterocycles. The van der Waals surface area contributed by atoms with Gasteiger partial charge in [-0.3, -0.25) is 0 Å². The second kappa shape index (κ2) is 12.7. The molecule has 4 saturated carbocycles. The van der Waals surface area contributed by atoms with Crippen molar-refractivity contribution in [2.24, 2.45) is 23.7 Å². The van der Waals surface area contributed by atoms with Crippen molar-refractivity contribution in [1.29, 1.82) is 0 Å². The molecule has 1 nitrogen and oxygen atoms in total. The Balaban J connectivity index is 1.06. The fraction of sp³-hybridized carbons (Fsp3) is 0.220. The molecule has 1 heteroatoms. The summed E-state index contributed by atoms with van der Waals surface area (Å²) in [6, 6.07) is 67.0. The average molecular weight is 772 g/mol. The largest absolute Gasteiger partial charge is 0.309 e. The van der Waals surface area contributed by atoms with Crippen LogP contribution in [0.3, 0.4) is 0 Å². The Labute approximate surface area is 354 Å². The summed E-state index contributed by atoms with van der Waals surface area (Å²) in [4.78, 5) is 2.59. The molecule has 0 radical (unpaired) electrons. The number of rotatable bonds is 5. The van der Waals surface area contributed by atoms with Gasteiger partial charge in [0.2, 0.25) is 0 Å². The topological polar surface area (TPSA) is 3.24 Å². The molecule has 0 heterocycles. The van der Waals surface area contributed by atoms with Crippen molar-refractivity contribution in [1.82, 2.24) is 0 Å². The fourth-order valence-electron chi connectivity index (χ4n) is 14.0. The summed E-state index contributed by atoms with van der Waals surface area (Å²) in [6.45, 7) is 4.84. The number of hydrogen-bond acceptors (Lipinski definition) is 1. The Morgan fingerprint density at radius 2 is 1.02 bits per heavy atom. The Kier molecular flexibility index (Phi) is 7.32. The van der Waals surface area contributed by atoms with E-state index < -0.39 is 0 Å². The van der Waals surface area contributed by atoms with Gasteiger partial charge in [-0.15, -0.1) is 0 Å². The molecule has 0 aliphatic heterocycles. The zero-order valence-electron chi connectivity index (χ0n) is 34.5. The smallest absolute Gasteiger partial charge is 0.0543 e. The van der Waals surface area contributed by atoms with E-state index in [2.05, 4.69) is 195 Å². The Hall–Kier alpha value is -6.18. The lowest BCUT2D eigenvalue weighted by molar-refractivity contribution is -0.0399. The zero-order chi connectivity index (χ0) is 39.7. The van der Waals surface area contributed by atoms with E-state index in [-0.39, 0.29) is 10.8 Å². The molecule has 4 fully saturated rings. The maximum atomic E-state index is 2.59. The van der Waals surface area contributed by atoms with Crippen LogP contribution in [0.5, 0.6) is 0 Å². The highest BCUT2D eigenvalue weighted by molar-refractivity contribution is 6.04. The molecule has 0 amide bonds. The van der Waals surface area contributed by atoms with Gasteiger partial charge in [-0.2, -0.15) is 0 Å². The van der Waals surface area contributed by atoms with Crippen LogP contribution in [0.4, 0.5) is 17.1 Å². The van der Waals surface area contributed by atoms with E-state index in [1.54, 1.807) is 11.1 Å². The van der Waals surface area contributed by atoms with Gasteiger partial charge in [-0.05, 0) is 146 Å². The van der Waals surface area contributed by atoms with Crippen LogP contribution in [0.2, 0.25) is 0 Å². The third kappa shape index (κ3) is 4.64. The van der Waals surface area contributed by atoms with Gasteiger partial charge in [0, 0.05) is 27.6 Å². The molecule has 0 unspecified atom stereocenters.